The number of carbonyl (C=O) groups is 1. The largest absolute Gasteiger partial charge is 0.343 e. The summed E-state index contributed by atoms with van der Waals surface area (Å²) in [6, 6.07) is 7.40. The molecule has 118 valence electrons. The van der Waals surface area contributed by atoms with E-state index in [1.165, 1.54) is 10.9 Å². The van der Waals surface area contributed by atoms with Crippen molar-refractivity contribution in [3.63, 3.8) is 0 Å². The Labute approximate surface area is 131 Å². The molecule has 2 heterocycles. The molecule has 0 saturated carbocycles. The van der Waals surface area contributed by atoms with Gasteiger partial charge < -0.3 is 9.88 Å². The number of nitrogens with one attached hydrogen (secondary N) is 2. The lowest BCUT2D eigenvalue weighted by Gasteiger charge is -2.08. The highest BCUT2D eigenvalue weighted by Gasteiger charge is 2.07. The van der Waals surface area contributed by atoms with Gasteiger partial charge in [0.05, 0.1) is 12.0 Å². The summed E-state index contributed by atoms with van der Waals surface area (Å²) in [6.07, 6.45) is 3.05. The molecule has 0 aliphatic heterocycles. The van der Waals surface area contributed by atoms with Crippen LogP contribution in [0.25, 0.3) is 5.69 Å². The zero-order valence-corrected chi connectivity index (χ0v) is 12.8. The van der Waals surface area contributed by atoms with Gasteiger partial charge in [0.2, 0.25) is 5.91 Å². The van der Waals surface area contributed by atoms with Crippen molar-refractivity contribution in [2.75, 3.05) is 5.32 Å². The first-order chi connectivity index (χ1) is 11.0. The van der Waals surface area contributed by atoms with Gasteiger partial charge in [-0.05, 0) is 38.1 Å². The Morgan fingerprint density at radius 2 is 1.96 bits per heavy atom. The van der Waals surface area contributed by atoms with E-state index in [0.717, 1.165) is 17.1 Å². The second-order valence-electron chi connectivity index (χ2n) is 5.17. The second kappa shape index (κ2) is 5.91. The van der Waals surface area contributed by atoms with E-state index in [9.17, 15) is 9.59 Å². The zero-order valence-electron chi connectivity index (χ0n) is 12.8. The maximum Gasteiger partial charge on any atom is 0.343 e. The summed E-state index contributed by atoms with van der Waals surface area (Å²) in [6.45, 7) is 3.87. The lowest BCUT2D eigenvalue weighted by Crippen LogP contribution is -2.25. The summed E-state index contributed by atoms with van der Waals surface area (Å²) in [4.78, 5) is 27.5. The monoisotopic (exact) mass is 312 g/mol. The Hall–Kier alpha value is -3.16. The number of hydrogen-bond donors (Lipinski definition) is 2. The fourth-order valence-electron chi connectivity index (χ4n) is 2.20. The third kappa shape index (κ3) is 3.05. The Kier molecular flexibility index (Phi) is 3.80. The van der Waals surface area contributed by atoms with E-state index in [1.54, 1.807) is 18.5 Å². The van der Waals surface area contributed by atoms with E-state index in [2.05, 4.69) is 20.5 Å². The highest BCUT2D eigenvalue weighted by molar-refractivity contribution is 5.90. The standard InChI is InChI=1S/C15H16N6O2/c1-10-11(2)21(8-16-10)13-5-3-12(4-6-13)18-14(22)7-20-9-17-19-15(20)23/h3-6,8-9H,7H2,1-2H3,(H,18,22)(H,19,23). The maximum absolute atomic E-state index is 11.9. The molecule has 3 rings (SSSR count). The van der Waals surface area contributed by atoms with Gasteiger partial charge in [0.15, 0.2) is 0 Å². The molecular weight excluding hydrogens is 296 g/mol. The Morgan fingerprint density at radius 3 is 2.52 bits per heavy atom. The number of amides is 1. The van der Waals surface area contributed by atoms with Gasteiger partial charge in [-0.25, -0.2) is 14.9 Å². The fourth-order valence-corrected chi connectivity index (χ4v) is 2.20. The van der Waals surface area contributed by atoms with Gasteiger partial charge in [-0.3, -0.25) is 9.36 Å². The summed E-state index contributed by atoms with van der Waals surface area (Å²) in [5, 5.41) is 8.55. The lowest BCUT2D eigenvalue weighted by atomic mass is 10.2. The van der Waals surface area contributed by atoms with Crippen LogP contribution in [0.1, 0.15) is 11.4 Å². The highest BCUT2D eigenvalue weighted by Crippen LogP contribution is 2.16. The van der Waals surface area contributed by atoms with Gasteiger partial charge in [0.1, 0.15) is 12.9 Å². The smallest absolute Gasteiger partial charge is 0.325 e. The van der Waals surface area contributed by atoms with Crippen LogP contribution in [-0.4, -0.2) is 30.2 Å². The normalized spacial score (nSPS) is 10.7. The molecule has 1 aromatic carbocycles. The van der Waals surface area contributed by atoms with Gasteiger partial charge in [0.25, 0.3) is 0 Å². The highest BCUT2D eigenvalue weighted by atomic mass is 16.2. The van der Waals surface area contributed by atoms with Crippen LogP contribution in [0, 0.1) is 13.8 Å². The second-order valence-corrected chi connectivity index (χ2v) is 5.17. The van der Waals surface area contributed by atoms with Crippen LogP contribution in [0.3, 0.4) is 0 Å². The van der Waals surface area contributed by atoms with Gasteiger partial charge in [0, 0.05) is 17.1 Å². The van der Waals surface area contributed by atoms with Crippen LogP contribution in [0.2, 0.25) is 0 Å². The molecule has 23 heavy (non-hydrogen) atoms. The molecule has 8 heteroatoms. The number of carbonyl (C=O) groups excluding carboxylic acids is 1. The van der Waals surface area contributed by atoms with E-state index in [1.807, 2.05) is 30.5 Å². The number of anilines is 1. The zero-order chi connectivity index (χ0) is 16.4. The molecule has 0 aliphatic rings. The van der Waals surface area contributed by atoms with Crippen LogP contribution in [-0.2, 0) is 11.3 Å². The number of nitrogens with zero attached hydrogens (tertiary/aromatic N) is 4. The van der Waals surface area contributed by atoms with Crippen molar-refractivity contribution < 1.29 is 4.79 Å². The SMILES string of the molecule is Cc1ncn(-c2ccc(NC(=O)Cn3cn[nH]c3=O)cc2)c1C. The number of H-pyrrole nitrogens is 1. The van der Waals surface area contributed by atoms with Crippen molar-refractivity contribution in [3.05, 3.63) is 58.8 Å². The first-order valence-electron chi connectivity index (χ1n) is 7.05. The molecule has 0 bridgehead atoms. The molecule has 8 nitrogen and oxygen atoms in total. The summed E-state index contributed by atoms with van der Waals surface area (Å²) >= 11 is 0. The van der Waals surface area contributed by atoms with Gasteiger partial charge in [-0.1, -0.05) is 0 Å². The summed E-state index contributed by atoms with van der Waals surface area (Å²) in [5.74, 6) is -0.295. The molecule has 2 aromatic heterocycles. The average Bonchev–Trinajstić information content (AvgIpc) is 3.07. The van der Waals surface area contributed by atoms with Crippen LogP contribution in [0.4, 0.5) is 5.69 Å². The molecule has 0 fully saturated rings. The number of imidazole rings is 1. The van der Waals surface area contributed by atoms with Gasteiger partial charge in [-0.2, -0.15) is 5.10 Å². The summed E-state index contributed by atoms with van der Waals surface area (Å²) in [7, 11) is 0. The quantitative estimate of drug-likeness (QED) is 0.751. The number of rotatable bonds is 4. The van der Waals surface area contributed by atoms with Gasteiger partial charge >= 0.3 is 5.69 Å². The average molecular weight is 312 g/mol. The predicted molar refractivity (Wildman–Crippen MR) is 84.5 cm³/mol. The third-order valence-electron chi connectivity index (χ3n) is 3.61. The van der Waals surface area contributed by atoms with Crippen molar-refractivity contribution in [2.45, 2.75) is 20.4 Å². The van der Waals surface area contributed by atoms with E-state index < -0.39 is 5.69 Å². The number of aromatic nitrogens is 5. The molecular formula is C15H16N6O2. The fraction of sp³-hybridized carbons (Fsp3) is 0.200. The number of aryl methyl sites for hydroxylation is 1. The Morgan fingerprint density at radius 1 is 1.22 bits per heavy atom. The summed E-state index contributed by atoms with van der Waals surface area (Å²) < 4.78 is 3.17. The molecule has 1 amide bonds. The van der Waals surface area contributed by atoms with Gasteiger partial charge in [-0.15, -0.1) is 0 Å². The molecule has 0 radical (unpaired) electrons. The first-order valence-corrected chi connectivity index (χ1v) is 7.05. The minimum atomic E-state index is -0.415. The van der Waals surface area contributed by atoms with E-state index >= 15 is 0 Å². The molecule has 0 saturated heterocycles. The molecule has 3 aromatic rings. The summed E-state index contributed by atoms with van der Waals surface area (Å²) in [5.41, 5.74) is 3.26. The van der Waals surface area contributed by atoms with E-state index in [4.69, 9.17) is 0 Å². The molecule has 0 spiro atoms. The molecule has 0 aliphatic carbocycles. The van der Waals surface area contributed by atoms with E-state index in [-0.39, 0.29) is 12.5 Å². The molecule has 0 atom stereocenters. The molecule has 0 unspecified atom stereocenters. The topological polar surface area (TPSA) is 97.6 Å². The number of benzene rings is 1. The molecule has 2 N–H and O–H groups in total. The van der Waals surface area contributed by atoms with Crippen molar-refractivity contribution >= 4 is 11.6 Å². The predicted octanol–water partition coefficient (Wildman–Crippen LogP) is 1.01. The van der Waals surface area contributed by atoms with Crippen LogP contribution in [0.15, 0.2) is 41.7 Å². The lowest BCUT2D eigenvalue weighted by molar-refractivity contribution is -0.116. The number of hydrogen-bond acceptors (Lipinski definition) is 4. The van der Waals surface area contributed by atoms with E-state index in [0.29, 0.717) is 5.69 Å². The van der Waals surface area contributed by atoms with Crippen LogP contribution in [0.5, 0.6) is 0 Å². The minimum Gasteiger partial charge on any atom is -0.325 e. The van der Waals surface area contributed by atoms with Crippen LogP contribution < -0.4 is 11.0 Å². The Bertz CT molecular complexity index is 887. The van der Waals surface area contributed by atoms with Crippen LogP contribution >= 0.6 is 0 Å². The first kappa shape index (κ1) is 14.8. The van der Waals surface area contributed by atoms with Crippen molar-refractivity contribution in [1.29, 1.82) is 0 Å². The Balaban J connectivity index is 1.70. The van der Waals surface area contributed by atoms with Crippen molar-refractivity contribution in [1.82, 2.24) is 24.3 Å². The maximum atomic E-state index is 11.9. The number of aromatic amines is 1. The van der Waals surface area contributed by atoms with Crippen molar-refractivity contribution in [3.8, 4) is 5.69 Å². The third-order valence-corrected chi connectivity index (χ3v) is 3.61. The minimum absolute atomic E-state index is 0.0864. The van der Waals surface area contributed by atoms with Crippen molar-refractivity contribution in [2.24, 2.45) is 0 Å².